The standard InChI is InChI=1S/C14H22F3NO2/c1-9-6-7-18(8-12(9)19)13(20)10-2-4-11(5-3-10)14(15,16)17/h9-12,19H,2-8H2,1H3. The summed E-state index contributed by atoms with van der Waals surface area (Å²) in [4.78, 5) is 13.9. The Labute approximate surface area is 117 Å². The molecule has 1 N–H and O–H groups in total. The van der Waals surface area contributed by atoms with Crippen molar-refractivity contribution in [2.24, 2.45) is 17.8 Å². The normalized spacial score (nSPS) is 36.0. The van der Waals surface area contributed by atoms with Gasteiger partial charge in [-0.3, -0.25) is 4.79 Å². The molecule has 2 aliphatic rings. The fourth-order valence-corrected chi connectivity index (χ4v) is 3.17. The van der Waals surface area contributed by atoms with E-state index in [1.807, 2.05) is 6.92 Å². The molecule has 0 spiro atoms. The van der Waals surface area contributed by atoms with Gasteiger partial charge in [0, 0.05) is 19.0 Å². The monoisotopic (exact) mass is 293 g/mol. The first-order chi connectivity index (χ1) is 9.29. The second-order valence-electron chi connectivity index (χ2n) is 6.21. The molecule has 1 aliphatic carbocycles. The lowest BCUT2D eigenvalue weighted by Crippen LogP contribution is -2.48. The highest BCUT2D eigenvalue weighted by atomic mass is 19.4. The van der Waals surface area contributed by atoms with E-state index >= 15 is 0 Å². The number of hydrogen-bond donors (Lipinski definition) is 1. The van der Waals surface area contributed by atoms with E-state index in [1.54, 1.807) is 4.90 Å². The average molecular weight is 293 g/mol. The Morgan fingerprint density at radius 3 is 2.25 bits per heavy atom. The van der Waals surface area contributed by atoms with Gasteiger partial charge in [0.15, 0.2) is 0 Å². The predicted molar refractivity (Wildman–Crippen MR) is 67.9 cm³/mol. The van der Waals surface area contributed by atoms with E-state index in [9.17, 15) is 23.1 Å². The summed E-state index contributed by atoms with van der Waals surface area (Å²) < 4.78 is 37.8. The van der Waals surface area contributed by atoms with Crippen LogP contribution in [-0.4, -0.2) is 41.3 Å². The summed E-state index contributed by atoms with van der Waals surface area (Å²) in [5, 5.41) is 9.80. The minimum absolute atomic E-state index is 0.0483. The van der Waals surface area contributed by atoms with E-state index in [-0.39, 0.29) is 30.6 Å². The minimum atomic E-state index is -4.13. The largest absolute Gasteiger partial charge is 0.391 e. The molecule has 1 heterocycles. The van der Waals surface area contributed by atoms with E-state index in [2.05, 4.69) is 0 Å². The topological polar surface area (TPSA) is 40.5 Å². The maximum atomic E-state index is 12.6. The zero-order valence-electron chi connectivity index (χ0n) is 11.7. The molecule has 2 fully saturated rings. The molecule has 116 valence electrons. The molecular formula is C14H22F3NO2. The molecular weight excluding hydrogens is 271 g/mol. The van der Waals surface area contributed by atoms with Gasteiger partial charge in [-0.25, -0.2) is 0 Å². The van der Waals surface area contributed by atoms with Crippen LogP contribution >= 0.6 is 0 Å². The number of hydrogen-bond acceptors (Lipinski definition) is 2. The van der Waals surface area contributed by atoms with Crippen LogP contribution in [0.25, 0.3) is 0 Å². The Morgan fingerprint density at radius 2 is 1.75 bits per heavy atom. The van der Waals surface area contributed by atoms with Gasteiger partial charge in [0.05, 0.1) is 12.0 Å². The lowest BCUT2D eigenvalue weighted by Gasteiger charge is -2.38. The number of amides is 1. The van der Waals surface area contributed by atoms with Gasteiger partial charge in [0.25, 0.3) is 0 Å². The zero-order chi connectivity index (χ0) is 14.9. The minimum Gasteiger partial charge on any atom is -0.391 e. The number of halogens is 3. The fraction of sp³-hybridized carbons (Fsp3) is 0.929. The highest BCUT2D eigenvalue weighted by Gasteiger charge is 2.43. The van der Waals surface area contributed by atoms with Crippen LogP contribution in [0.1, 0.15) is 39.0 Å². The van der Waals surface area contributed by atoms with Crippen LogP contribution in [0.5, 0.6) is 0 Å². The van der Waals surface area contributed by atoms with Crippen molar-refractivity contribution in [2.45, 2.75) is 51.3 Å². The van der Waals surface area contributed by atoms with Crippen molar-refractivity contribution in [3.63, 3.8) is 0 Å². The van der Waals surface area contributed by atoms with Crippen LogP contribution < -0.4 is 0 Å². The van der Waals surface area contributed by atoms with Crippen LogP contribution in [0.15, 0.2) is 0 Å². The Morgan fingerprint density at radius 1 is 1.15 bits per heavy atom. The number of aliphatic hydroxyl groups excluding tert-OH is 1. The van der Waals surface area contributed by atoms with Gasteiger partial charge in [-0.1, -0.05) is 6.92 Å². The van der Waals surface area contributed by atoms with E-state index in [1.165, 1.54) is 0 Å². The van der Waals surface area contributed by atoms with E-state index in [0.717, 1.165) is 6.42 Å². The number of aliphatic hydroxyl groups is 1. The van der Waals surface area contributed by atoms with Crippen LogP contribution in [0, 0.1) is 17.8 Å². The molecule has 0 radical (unpaired) electrons. The molecule has 0 bridgehead atoms. The van der Waals surface area contributed by atoms with Crippen LogP contribution in [-0.2, 0) is 4.79 Å². The highest BCUT2D eigenvalue weighted by Crippen LogP contribution is 2.40. The predicted octanol–water partition coefficient (Wildman–Crippen LogP) is 2.58. The van der Waals surface area contributed by atoms with Crippen molar-refractivity contribution in [2.75, 3.05) is 13.1 Å². The summed E-state index contributed by atoms with van der Waals surface area (Å²) in [6.07, 6.45) is -3.18. The summed E-state index contributed by atoms with van der Waals surface area (Å²) in [6, 6.07) is 0. The van der Waals surface area contributed by atoms with Crippen molar-refractivity contribution in [3.8, 4) is 0 Å². The molecule has 1 saturated carbocycles. The maximum Gasteiger partial charge on any atom is 0.391 e. The molecule has 3 nitrogen and oxygen atoms in total. The fourth-order valence-electron chi connectivity index (χ4n) is 3.17. The number of piperidine rings is 1. The van der Waals surface area contributed by atoms with Gasteiger partial charge in [-0.2, -0.15) is 13.2 Å². The number of rotatable bonds is 1. The lowest BCUT2D eigenvalue weighted by molar-refractivity contribution is -0.185. The second kappa shape index (κ2) is 5.92. The first kappa shape index (κ1) is 15.6. The molecule has 1 amide bonds. The molecule has 1 saturated heterocycles. The lowest BCUT2D eigenvalue weighted by atomic mass is 9.80. The first-order valence-electron chi connectivity index (χ1n) is 7.32. The van der Waals surface area contributed by atoms with Crippen LogP contribution in [0.3, 0.4) is 0 Å². The van der Waals surface area contributed by atoms with Gasteiger partial charge in [-0.15, -0.1) is 0 Å². The number of alkyl halides is 3. The third-order valence-corrected chi connectivity index (χ3v) is 4.77. The quantitative estimate of drug-likeness (QED) is 0.807. The summed E-state index contributed by atoms with van der Waals surface area (Å²) in [6.45, 7) is 2.87. The number of carbonyl (C=O) groups is 1. The Bertz CT molecular complexity index is 351. The van der Waals surface area contributed by atoms with Crippen LogP contribution in [0.4, 0.5) is 13.2 Å². The molecule has 0 aromatic carbocycles. The van der Waals surface area contributed by atoms with E-state index in [0.29, 0.717) is 25.9 Å². The van der Waals surface area contributed by atoms with Gasteiger partial charge in [0.1, 0.15) is 0 Å². The molecule has 2 atom stereocenters. The maximum absolute atomic E-state index is 12.6. The van der Waals surface area contributed by atoms with Crippen molar-refractivity contribution in [1.29, 1.82) is 0 Å². The molecule has 1 aliphatic heterocycles. The number of likely N-dealkylation sites (tertiary alicyclic amines) is 1. The Balaban J connectivity index is 1.86. The van der Waals surface area contributed by atoms with Gasteiger partial charge >= 0.3 is 6.18 Å². The molecule has 2 unspecified atom stereocenters. The van der Waals surface area contributed by atoms with Crippen molar-refractivity contribution in [1.82, 2.24) is 4.90 Å². The Hall–Kier alpha value is -0.780. The molecule has 20 heavy (non-hydrogen) atoms. The Kier molecular flexibility index (Phi) is 4.62. The third-order valence-electron chi connectivity index (χ3n) is 4.77. The number of β-amino-alcohol motifs (C(OH)–C–C–N with tert-alkyl or cyclic N) is 1. The molecule has 6 heteroatoms. The van der Waals surface area contributed by atoms with Gasteiger partial charge < -0.3 is 10.0 Å². The second-order valence-corrected chi connectivity index (χ2v) is 6.21. The average Bonchev–Trinajstić information content (AvgIpc) is 2.40. The van der Waals surface area contributed by atoms with Gasteiger partial charge in [0.2, 0.25) is 5.91 Å². The van der Waals surface area contributed by atoms with Crippen molar-refractivity contribution >= 4 is 5.91 Å². The van der Waals surface area contributed by atoms with E-state index < -0.39 is 18.2 Å². The van der Waals surface area contributed by atoms with Crippen LogP contribution in [0.2, 0.25) is 0 Å². The van der Waals surface area contributed by atoms with Crippen molar-refractivity contribution < 1.29 is 23.1 Å². The highest BCUT2D eigenvalue weighted by molar-refractivity contribution is 5.79. The van der Waals surface area contributed by atoms with E-state index in [4.69, 9.17) is 0 Å². The summed E-state index contributed by atoms with van der Waals surface area (Å²) in [5.74, 6) is -1.44. The number of nitrogens with zero attached hydrogens (tertiary/aromatic N) is 1. The third kappa shape index (κ3) is 3.45. The summed E-state index contributed by atoms with van der Waals surface area (Å²) >= 11 is 0. The van der Waals surface area contributed by atoms with Crippen molar-refractivity contribution in [3.05, 3.63) is 0 Å². The number of carbonyl (C=O) groups excluding carboxylic acids is 1. The molecule has 0 aromatic heterocycles. The molecule has 2 rings (SSSR count). The smallest absolute Gasteiger partial charge is 0.391 e. The summed E-state index contributed by atoms with van der Waals surface area (Å²) in [7, 11) is 0. The zero-order valence-corrected chi connectivity index (χ0v) is 11.7. The summed E-state index contributed by atoms with van der Waals surface area (Å²) in [5.41, 5.74) is 0. The van der Waals surface area contributed by atoms with Gasteiger partial charge in [-0.05, 0) is 38.0 Å². The first-order valence-corrected chi connectivity index (χ1v) is 7.32. The SMILES string of the molecule is CC1CCN(C(=O)C2CCC(C(F)(F)F)CC2)CC1O. The molecule has 0 aromatic rings.